The molecule has 4 saturated heterocycles. The molecule has 0 aromatic carbocycles. The molecule has 4 nitrogen and oxygen atoms in total. The van der Waals surface area contributed by atoms with Crippen LogP contribution in [0.3, 0.4) is 0 Å². The second kappa shape index (κ2) is 4.25. The van der Waals surface area contributed by atoms with Gasteiger partial charge in [-0.1, -0.05) is 0 Å². The summed E-state index contributed by atoms with van der Waals surface area (Å²) in [5.74, 6) is 1.51. The quantitative estimate of drug-likeness (QED) is 0.659. The molecule has 0 N–H and O–H groups in total. The van der Waals surface area contributed by atoms with E-state index in [1.807, 2.05) is 6.92 Å². The molecule has 0 aromatic rings. The Balaban J connectivity index is 1.82. The number of carbonyl (C=O) groups excluding carboxylic acids is 1. The van der Waals surface area contributed by atoms with Gasteiger partial charge in [-0.15, -0.1) is 0 Å². The van der Waals surface area contributed by atoms with Crippen molar-refractivity contribution in [2.24, 2.45) is 11.8 Å². The van der Waals surface area contributed by atoms with Crippen LogP contribution in [0.2, 0.25) is 0 Å². The lowest BCUT2D eigenvalue weighted by Crippen LogP contribution is -2.58. The maximum absolute atomic E-state index is 12.1. The van der Waals surface area contributed by atoms with Crippen LogP contribution in [0.25, 0.3) is 0 Å². The molecule has 4 rings (SSSR count). The van der Waals surface area contributed by atoms with E-state index >= 15 is 0 Å². The first kappa shape index (κ1) is 11.5. The molecule has 0 radical (unpaired) electrons. The molecule has 0 aliphatic carbocycles. The van der Waals surface area contributed by atoms with Gasteiger partial charge in [0.05, 0.1) is 6.61 Å². The summed E-state index contributed by atoms with van der Waals surface area (Å²) in [5, 5.41) is 0. The standard InChI is InChI=1S/C13H22N2O2/c1-3-17-13(16)12-11-10(8-14(12)2)9-4-6-15(11)7-5-9/h9-12H,3-8H2,1-2H3. The molecule has 4 heteroatoms. The van der Waals surface area contributed by atoms with Gasteiger partial charge in [-0.3, -0.25) is 14.6 Å². The molecule has 3 unspecified atom stereocenters. The number of nitrogens with zero attached hydrogens (tertiary/aromatic N) is 2. The van der Waals surface area contributed by atoms with Crippen molar-refractivity contribution in [1.29, 1.82) is 0 Å². The number of hydrogen-bond acceptors (Lipinski definition) is 4. The molecule has 0 spiro atoms. The van der Waals surface area contributed by atoms with E-state index in [1.165, 1.54) is 25.9 Å². The Morgan fingerprint density at radius 2 is 2.06 bits per heavy atom. The lowest BCUT2D eigenvalue weighted by atomic mass is 9.74. The summed E-state index contributed by atoms with van der Waals surface area (Å²) < 4.78 is 5.25. The summed E-state index contributed by atoms with van der Waals surface area (Å²) in [5.41, 5.74) is 0. The summed E-state index contributed by atoms with van der Waals surface area (Å²) in [6.07, 6.45) is 2.65. The Hall–Kier alpha value is -0.610. The average molecular weight is 238 g/mol. The highest BCUT2D eigenvalue weighted by Crippen LogP contribution is 2.43. The third-order valence-electron chi connectivity index (χ3n) is 4.87. The molecular formula is C13H22N2O2. The van der Waals surface area contributed by atoms with Crippen molar-refractivity contribution in [1.82, 2.24) is 9.80 Å². The lowest BCUT2D eigenvalue weighted by Gasteiger charge is -2.49. The second-order valence-corrected chi connectivity index (χ2v) is 5.66. The van der Waals surface area contributed by atoms with Crippen molar-refractivity contribution in [3.05, 3.63) is 0 Å². The number of rotatable bonds is 2. The van der Waals surface area contributed by atoms with E-state index in [9.17, 15) is 4.79 Å². The van der Waals surface area contributed by atoms with Gasteiger partial charge in [-0.05, 0) is 51.7 Å². The van der Waals surface area contributed by atoms with E-state index in [2.05, 4.69) is 16.8 Å². The van der Waals surface area contributed by atoms with E-state index in [0.717, 1.165) is 12.5 Å². The fourth-order valence-corrected chi connectivity index (χ4v) is 4.14. The van der Waals surface area contributed by atoms with E-state index in [0.29, 0.717) is 18.6 Å². The Bertz CT molecular complexity index is 313. The Labute approximate surface area is 103 Å². The van der Waals surface area contributed by atoms with Gasteiger partial charge in [-0.2, -0.15) is 0 Å². The van der Waals surface area contributed by atoms with Crippen molar-refractivity contribution in [2.75, 3.05) is 33.3 Å². The van der Waals surface area contributed by atoms with Crippen molar-refractivity contribution >= 4 is 5.97 Å². The fourth-order valence-electron chi connectivity index (χ4n) is 4.14. The van der Waals surface area contributed by atoms with Crippen LogP contribution in [-0.2, 0) is 9.53 Å². The van der Waals surface area contributed by atoms with Gasteiger partial charge in [0, 0.05) is 12.6 Å². The van der Waals surface area contributed by atoms with E-state index < -0.39 is 0 Å². The largest absolute Gasteiger partial charge is 0.465 e. The van der Waals surface area contributed by atoms with Crippen LogP contribution in [0.1, 0.15) is 19.8 Å². The Kier molecular flexibility index (Phi) is 2.87. The maximum atomic E-state index is 12.1. The highest BCUT2D eigenvalue weighted by atomic mass is 16.5. The van der Waals surface area contributed by atoms with Crippen molar-refractivity contribution in [2.45, 2.75) is 31.8 Å². The van der Waals surface area contributed by atoms with Crippen LogP contribution in [0.5, 0.6) is 0 Å². The van der Waals surface area contributed by atoms with Gasteiger partial charge in [0.15, 0.2) is 0 Å². The SMILES string of the molecule is CCOC(=O)C1C2C(CN1C)C1CCN2CC1. The van der Waals surface area contributed by atoms with Crippen LogP contribution < -0.4 is 0 Å². The minimum absolute atomic E-state index is 0.0185. The van der Waals surface area contributed by atoms with Gasteiger partial charge in [0.1, 0.15) is 6.04 Å². The molecule has 4 aliphatic heterocycles. The zero-order valence-electron chi connectivity index (χ0n) is 10.8. The van der Waals surface area contributed by atoms with Gasteiger partial charge < -0.3 is 4.74 Å². The lowest BCUT2D eigenvalue weighted by molar-refractivity contribution is -0.151. The van der Waals surface area contributed by atoms with E-state index in [-0.39, 0.29) is 12.0 Å². The number of piperidine rings is 3. The summed E-state index contributed by atoms with van der Waals surface area (Å²) in [6, 6.07) is 0.398. The summed E-state index contributed by atoms with van der Waals surface area (Å²) in [4.78, 5) is 16.8. The van der Waals surface area contributed by atoms with Crippen LogP contribution in [0, 0.1) is 11.8 Å². The molecule has 4 aliphatic rings. The first-order valence-electron chi connectivity index (χ1n) is 6.83. The number of ether oxygens (including phenoxy) is 1. The molecule has 0 amide bonds. The zero-order chi connectivity index (χ0) is 12.0. The van der Waals surface area contributed by atoms with Gasteiger partial charge >= 0.3 is 5.97 Å². The molecule has 3 atom stereocenters. The predicted octanol–water partition coefficient (Wildman–Crippen LogP) is 0.574. The zero-order valence-corrected chi connectivity index (χ0v) is 10.8. The minimum atomic E-state index is -0.0250. The Morgan fingerprint density at radius 3 is 2.71 bits per heavy atom. The minimum Gasteiger partial charge on any atom is -0.465 e. The maximum Gasteiger partial charge on any atom is 0.324 e. The second-order valence-electron chi connectivity index (χ2n) is 5.66. The van der Waals surface area contributed by atoms with Crippen LogP contribution >= 0.6 is 0 Å². The average Bonchev–Trinajstić information content (AvgIpc) is 2.69. The smallest absolute Gasteiger partial charge is 0.324 e. The Morgan fingerprint density at radius 1 is 1.35 bits per heavy atom. The normalized spacial score (nSPS) is 44.7. The van der Waals surface area contributed by atoms with E-state index in [1.54, 1.807) is 0 Å². The number of carbonyl (C=O) groups is 1. The topological polar surface area (TPSA) is 32.8 Å². The van der Waals surface area contributed by atoms with E-state index in [4.69, 9.17) is 4.74 Å². The number of hydrogen-bond donors (Lipinski definition) is 0. The molecule has 0 saturated carbocycles. The van der Waals surface area contributed by atoms with Crippen molar-refractivity contribution < 1.29 is 9.53 Å². The summed E-state index contributed by atoms with van der Waals surface area (Å²) >= 11 is 0. The van der Waals surface area contributed by atoms with Crippen LogP contribution in [0.4, 0.5) is 0 Å². The number of likely N-dealkylation sites (N-methyl/N-ethyl adjacent to an activating group) is 1. The summed E-state index contributed by atoms with van der Waals surface area (Å²) in [7, 11) is 2.07. The first-order chi connectivity index (χ1) is 8.22. The predicted molar refractivity (Wildman–Crippen MR) is 64.6 cm³/mol. The number of esters is 1. The van der Waals surface area contributed by atoms with Crippen LogP contribution in [0.15, 0.2) is 0 Å². The number of fused-ring (bicyclic) bond motifs is 2. The fraction of sp³-hybridized carbons (Fsp3) is 0.923. The summed E-state index contributed by atoms with van der Waals surface area (Å²) in [6.45, 7) is 5.79. The third-order valence-corrected chi connectivity index (χ3v) is 4.87. The van der Waals surface area contributed by atoms with Gasteiger partial charge in [0.25, 0.3) is 0 Å². The highest BCUT2D eigenvalue weighted by Gasteiger charge is 2.54. The van der Waals surface area contributed by atoms with Gasteiger partial charge in [0.2, 0.25) is 0 Å². The number of likely N-dealkylation sites (tertiary alicyclic amines) is 1. The first-order valence-corrected chi connectivity index (χ1v) is 6.83. The van der Waals surface area contributed by atoms with Gasteiger partial charge in [-0.25, -0.2) is 0 Å². The molecule has 2 bridgehead atoms. The van der Waals surface area contributed by atoms with Crippen molar-refractivity contribution in [3.63, 3.8) is 0 Å². The monoisotopic (exact) mass is 238 g/mol. The molecule has 4 fully saturated rings. The molecule has 4 heterocycles. The molecule has 96 valence electrons. The third kappa shape index (κ3) is 1.69. The van der Waals surface area contributed by atoms with Crippen LogP contribution in [-0.4, -0.2) is 61.1 Å². The highest BCUT2D eigenvalue weighted by molar-refractivity contribution is 5.77. The molecule has 0 aromatic heterocycles. The molecule has 17 heavy (non-hydrogen) atoms. The van der Waals surface area contributed by atoms with Crippen molar-refractivity contribution in [3.8, 4) is 0 Å². The molecular weight excluding hydrogens is 216 g/mol.